The number of piperidine rings is 1. The number of ketones is 1. The van der Waals surface area contributed by atoms with Gasteiger partial charge in [0.2, 0.25) is 11.7 Å². The van der Waals surface area contributed by atoms with Crippen molar-refractivity contribution in [2.24, 2.45) is 0 Å². The topological polar surface area (TPSA) is 90.1 Å². The van der Waals surface area contributed by atoms with Crippen LogP contribution in [0.1, 0.15) is 34.6 Å². The number of nitrogens with two attached hydrogens (primary N) is 1. The van der Waals surface area contributed by atoms with Gasteiger partial charge in [0.1, 0.15) is 11.4 Å². The molecule has 6 nitrogen and oxygen atoms in total. The number of nitrogens with zero attached hydrogens (tertiary/aromatic N) is 2. The van der Waals surface area contributed by atoms with Gasteiger partial charge in [-0.2, -0.15) is 0 Å². The summed E-state index contributed by atoms with van der Waals surface area (Å²) >= 11 is 0. The van der Waals surface area contributed by atoms with Crippen LogP contribution in [0.5, 0.6) is 5.75 Å². The van der Waals surface area contributed by atoms with Gasteiger partial charge in [0.15, 0.2) is 5.60 Å². The Labute approximate surface area is 162 Å². The van der Waals surface area contributed by atoms with E-state index in [1.807, 2.05) is 42.5 Å². The number of para-hydroxylation sites is 1. The Morgan fingerprint density at radius 2 is 1.71 bits per heavy atom. The fraction of sp³-hybridized carbons (Fsp3) is 0.227. The quantitative estimate of drug-likeness (QED) is 0.672. The van der Waals surface area contributed by atoms with Gasteiger partial charge in [-0.1, -0.05) is 48.5 Å². The summed E-state index contributed by atoms with van der Waals surface area (Å²) in [4.78, 5) is 22.3. The molecule has 0 unspecified atom stereocenters. The molecule has 0 atom stereocenters. The Morgan fingerprint density at radius 3 is 2.50 bits per heavy atom. The molecule has 5 rings (SSSR count). The largest absolute Gasteiger partial charge is 0.480 e. The van der Waals surface area contributed by atoms with Crippen LogP contribution in [0.25, 0.3) is 11.1 Å². The van der Waals surface area contributed by atoms with E-state index in [1.54, 1.807) is 12.1 Å². The molecule has 0 aliphatic carbocycles. The van der Waals surface area contributed by atoms with Crippen molar-refractivity contribution in [1.29, 1.82) is 0 Å². The number of nitrogens with one attached hydrogen (secondary N) is 1. The average molecular weight is 372 g/mol. The monoisotopic (exact) mass is 372 g/mol. The van der Waals surface area contributed by atoms with Crippen LogP contribution >= 0.6 is 0 Å². The first kappa shape index (κ1) is 16.9. The number of anilines is 1. The summed E-state index contributed by atoms with van der Waals surface area (Å²) in [5.74, 6) is 0.693. The van der Waals surface area contributed by atoms with Crippen molar-refractivity contribution in [3.8, 4) is 16.9 Å². The smallest absolute Gasteiger partial charge is 0.221 e. The molecule has 0 radical (unpaired) electrons. The van der Waals surface area contributed by atoms with Crippen LogP contribution in [0.3, 0.4) is 0 Å². The first-order valence-electron chi connectivity index (χ1n) is 9.45. The minimum Gasteiger partial charge on any atom is -0.480 e. The lowest BCUT2D eigenvalue weighted by atomic mass is 9.80. The van der Waals surface area contributed by atoms with Gasteiger partial charge in [-0.3, -0.25) is 4.79 Å². The molecule has 1 aromatic heterocycles. The summed E-state index contributed by atoms with van der Waals surface area (Å²) in [6, 6.07) is 16.9. The summed E-state index contributed by atoms with van der Waals surface area (Å²) in [7, 11) is 0. The zero-order valence-corrected chi connectivity index (χ0v) is 15.3. The SMILES string of the molecule is Nc1nc(C(=O)c2ccccc2)c2c(n1)C1(CCNCC1)Oc1ccccc1-2. The van der Waals surface area contributed by atoms with Crippen LogP contribution in [0.15, 0.2) is 54.6 Å². The van der Waals surface area contributed by atoms with Gasteiger partial charge in [0.05, 0.1) is 5.69 Å². The molecule has 3 N–H and O–H groups in total. The zero-order chi connectivity index (χ0) is 19.1. The van der Waals surface area contributed by atoms with Gasteiger partial charge in [-0.25, -0.2) is 9.97 Å². The Morgan fingerprint density at radius 1 is 1.00 bits per heavy atom. The van der Waals surface area contributed by atoms with Gasteiger partial charge in [0.25, 0.3) is 0 Å². The Bertz CT molecular complexity index is 1060. The Kier molecular flexibility index (Phi) is 3.87. The number of fused-ring (bicyclic) bond motifs is 4. The third-order valence-electron chi connectivity index (χ3n) is 5.48. The molecule has 0 amide bonds. The molecular formula is C22H20N4O2. The molecular weight excluding hydrogens is 352 g/mol. The maximum Gasteiger partial charge on any atom is 0.221 e. The predicted molar refractivity (Wildman–Crippen MR) is 106 cm³/mol. The van der Waals surface area contributed by atoms with Crippen LogP contribution in [-0.4, -0.2) is 28.8 Å². The van der Waals surface area contributed by atoms with Crippen LogP contribution in [0, 0.1) is 0 Å². The number of aromatic nitrogens is 2. The number of benzene rings is 2. The van der Waals surface area contributed by atoms with Crippen LogP contribution < -0.4 is 15.8 Å². The summed E-state index contributed by atoms with van der Waals surface area (Å²) in [5, 5.41) is 3.37. The molecule has 2 aliphatic rings. The molecule has 140 valence electrons. The minimum atomic E-state index is -0.599. The molecule has 0 saturated carbocycles. The normalized spacial score (nSPS) is 16.7. The Balaban J connectivity index is 1.79. The summed E-state index contributed by atoms with van der Waals surface area (Å²) in [6.45, 7) is 1.63. The fourth-order valence-electron chi connectivity index (χ4n) is 4.14. The van der Waals surface area contributed by atoms with E-state index in [2.05, 4.69) is 15.3 Å². The lowest BCUT2D eigenvalue weighted by molar-refractivity contribution is 0.0264. The lowest BCUT2D eigenvalue weighted by Gasteiger charge is -2.42. The first-order valence-corrected chi connectivity index (χ1v) is 9.45. The van der Waals surface area contributed by atoms with E-state index >= 15 is 0 Å². The molecule has 1 spiro atoms. The average Bonchev–Trinajstić information content (AvgIpc) is 2.74. The van der Waals surface area contributed by atoms with Crippen molar-refractivity contribution < 1.29 is 9.53 Å². The maximum atomic E-state index is 13.4. The van der Waals surface area contributed by atoms with Crippen molar-refractivity contribution in [3.05, 3.63) is 71.5 Å². The van der Waals surface area contributed by atoms with E-state index in [-0.39, 0.29) is 11.7 Å². The van der Waals surface area contributed by atoms with Gasteiger partial charge in [0, 0.05) is 29.5 Å². The molecule has 6 heteroatoms. The van der Waals surface area contributed by atoms with E-state index in [9.17, 15) is 4.79 Å². The van der Waals surface area contributed by atoms with Crippen LogP contribution in [-0.2, 0) is 5.60 Å². The predicted octanol–water partition coefficient (Wildman–Crippen LogP) is 2.93. The second-order valence-corrected chi connectivity index (χ2v) is 7.19. The number of carbonyl (C=O) groups excluding carboxylic acids is 1. The standard InChI is InChI=1S/C22H20N4O2/c23-21-25-18(19(27)14-6-2-1-3-7-14)17-15-8-4-5-9-16(15)28-22(20(17)26-21)10-12-24-13-11-22/h1-9,24H,10-13H2,(H2,23,25,26). The maximum absolute atomic E-state index is 13.4. The van der Waals surface area contributed by atoms with Gasteiger partial charge >= 0.3 is 0 Å². The summed E-state index contributed by atoms with van der Waals surface area (Å²) in [5.41, 5.74) is 8.67. The van der Waals surface area contributed by atoms with Crippen LogP contribution in [0.4, 0.5) is 5.95 Å². The summed E-state index contributed by atoms with van der Waals surface area (Å²) in [6.07, 6.45) is 1.51. The summed E-state index contributed by atoms with van der Waals surface area (Å²) < 4.78 is 6.49. The third kappa shape index (κ3) is 2.57. The van der Waals surface area contributed by atoms with E-state index in [0.29, 0.717) is 11.3 Å². The van der Waals surface area contributed by atoms with Gasteiger partial charge in [-0.05, 0) is 19.2 Å². The van der Waals surface area contributed by atoms with Crippen molar-refractivity contribution in [2.45, 2.75) is 18.4 Å². The van der Waals surface area contributed by atoms with E-state index < -0.39 is 5.60 Å². The van der Waals surface area contributed by atoms with Gasteiger partial charge in [-0.15, -0.1) is 0 Å². The second kappa shape index (κ2) is 6.42. The van der Waals surface area contributed by atoms with Crippen molar-refractivity contribution in [3.63, 3.8) is 0 Å². The number of hydrogen-bond acceptors (Lipinski definition) is 6. The van der Waals surface area contributed by atoms with E-state index in [1.165, 1.54) is 0 Å². The van der Waals surface area contributed by atoms with E-state index in [0.717, 1.165) is 48.5 Å². The second-order valence-electron chi connectivity index (χ2n) is 7.19. The van der Waals surface area contributed by atoms with Gasteiger partial charge < -0.3 is 15.8 Å². The number of carbonyl (C=O) groups is 1. The van der Waals surface area contributed by atoms with Crippen molar-refractivity contribution in [2.75, 3.05) is 18.8 Å². The number of nitrogen functional groups attached to an aromatic ring is 1. The molecule has 28 heavy (non-hydrogen) atoms. The number of ether oxygens (including phenoxy) is 1. The highest BCUT2D eigenvalue weighted by atomic mass is 16.5. The third-order valence-corrected chi connectivity index (χ3v) is 5.48. The molecule has 0 bridgehead atoms. The molecule has 1 saturated heterocycles. The van der Waals surface area contributed by atoms with E-state index in [4.69, 9.17) is 10.5 Å². The minimum absolute atomic E-state index is 0.0962. The molecule has 2 aliphatic heterocycles. The van der Waals surface area contributed by atoms with Crippen molar-refractivity contribution >= 4 is 11.7 Å². The van der Waals surface area contributed by atoms with Crippen molar-refractivity contribution in [1.82, 2.24) is 15.3 Å². The fourth-order valence-corrected chi connectivity index (χ4v) is 4.14. The molecule has 3 aromatic rings. The highest BCUT2D eigenvalue weighted by Crippen LogP contribution is 2.49. The molecule has 1 fully saturated rings. The highest BCUT2D eigenvalue weighted by molar-refractivity contribution is 6.12. The zero-order valence-electron chi connectivity index (χ0n) is 15.3. The number of rotatable bonds is 2. The Hall–Kier alpha value is -3.25. The first-order chi connectivity index (χ1) is 13.7. The highest BCUT2D eigenvalue weighted by Gasteiger charge is 2.45. The molecule has 2 aromatic carbocycles. The number of hydrogen-bond donors (Lipinski definition) is 2. The molecule has 3 heterocycles. The lowest BCUT2D eigenvalue weighted by Crippen LogP contribution is -2.46. The van der Waals surface area contributed by atoms with Crippen LogP contribution in [0.2, 0.25) is 0 Å².